The molecule has 4 N–H and O–H groups in total. The minimum Gasteiger partial charge on any atom is -0.354 e. The lowest BCUT2D eigenvalue weighted by Crippen LogP contribution is -2.19. The number of nitrogens with one attached hydrogen (secondary N) is 2. The van der Waals surface area contributed by atoms with Gasteiger partial charge in [0, 0.05) is 19.2 Å². The lowest BCUT2D eigenvalue weighted by atomic mass is 10.1. The molecule has 0 spiro atoms. The Labute approximate surface area is 82.7 Å². The van der Waals surface area contributed by atoms with Gasteiger partial charge in [0.1, 0.15) is 0 Å². The second kappa shape index (κ2) is 4.76. The second-order valence-electron chi connectivity index (χ2n) is 3.39. The van der Waals surface area contributed by atoms with Crippen molar-refractivity contribution in [3.05, 3.63) is 22.1 Å². The van der Waals surface area contributed by atoms with E-state index in [1.54, 1.807) is 0 Å². The van der Waals surface area contributed by atoms with Crippen molar-refractivity contribution in [2.24, 2.45) is 5.73 Å². The summed E-state index contributed by atoms with van der Waals surface area (Å²) in [6.45, 7) is 5.10. The Morgan fingerprint density at radius 1 is 1.64 bits per heavy atom. The Morgan fingerprint density at radius 2 is 2.36 bits per heavy atom. The van der Waals surface area contributed by atoms with Crippen LogP contribution in [0.5, 0.6) is 0 Å². The van der Waals surface area contributed by atoms with Gasteiger partial charge in [0.15, 0.2) is 0 Å². The first kappa shape index (κ1) is 10.7. The molecule has 0 atom stereocenters. The van der Waals surface area contributed by atoms with Crippen molar-refractivity contribution in [2.75, 3.05) is 18.4 Å². The van der Waals surface area contributed by atoms with Crippen LogP contribution >= 0.6 is 0 Å². The van der Waals surface area contributed by atoms with Gasteiger partial charge in [-0.15, -0.1) is 0 Å². The number of nitrogens with zero attached hydrogens (tertiary/aromatic N) is 1. The van der Waals surface area contributed by atoms with Gasteiger partial charge in [-0.1, -0.05) is 13.8 Å². The summed E-state index contributed by atoms with van der Waals surface area (Å²) in [5, 5.41) is 2.94. The third-order valence-electron chi connectivity index (χ3n) is 1.79. The van der Waals surface area contributed by atoms with E-state index in [4.69, 9.17) is 5.73 Å². The molecule has 1 rings (SSSR count). The van der Waals surface area contributed by atoms with Gasteiger partial charge in [-0.2, -0.15) is 0 Å². The number of aromatic nitrogens is 2. The van der Waals surface area contributed by atoms with Crippen LogP contribution in [0.4, 0.5) is 5.95 Å². The number of hydrogen-bond acceptors (Lipinski definition) is 4. The molecule has 0 aliphatic carbocycles. The molecule has 1 aromatic heterocycles. The highest BCUT2D eigenvalue weighted by molar-refractivity contribution is 5.25. The third kappa shape index (κ3) is 2.85. The second-order valence-corrected chi connectivity index (χ2v) is 3.39. The maximum atomic E-state index is 11.2. The monoisotopic (exact) mass is 196 g/mol. The molecule has 0 radical (unpaired) electrons. The smallest absolute Gasteiger partial charge is 0.252 e. The van der Waals surface area contributed by atoms with Crippen LogP contribution in [0.25, 0.3) is 0 Å². The van der Waals surface area contributed by atoms with Gasteiger partial charge in [-0.3, -0.25) is 9.78 Å². The van der Waals surface area contributed by atoms with E-state index in [1.807, 2.05) is 13.8 Å². The molecule has 1 aromatic rings. The molecule has 0 saturated heterocycles. The first-order valence-corrected chi connectivity index (χ1v) is 4.68. The van der Waals surface area contributed by atoms with E-state index in [0.717, 1.165) is 5.69 Å². The van der Waals surface area contributed by atoms with Crippen LogP contribution in [-0.4, -0.2) is 23.1 Å². The molecular weight excluding hydrogens is 180 g/mol. The predicted octanol–water partition coefficient (Wildman–Crippen LogP) is 0.264. The highest BCUT2D eigenvalue weighted by Gasteiger charge is 2.03. The molecule has 78 valence electrons. The molecule has 5 heteroatoms. The molecule has 14 heavy (non-hydrogen) atoms. The van der Waals surface area contributed by atoms with E-state index in [2.05, 4.69) is 15.3 Å². The molecule has 0 unspecified atom stereocenters. The number of rotatable bonds is 4. The molecule has 0 aliphatic rings. The van der Waals surface area contributed by atoms with Crippen LogP contribution in [-0.2, 0) is 0 Å². The summed E-state index contributed by atoms with van der Waals surface area (Å²) >= 11 is 0. The standard InChI is InChI=1S/C9H16N4O/c1-6(2)7-5-8(14)13-9(12-7)11-4-3-10/h5-6H,3-4,10H2,1-2H3,(H2,11,12,13,14). The predicted molar refractivity (Wildman–Crippen MR) is 56.5 cm³/mol. The number of aromatic amines is 1. The van der Waals surface area contributed by atoms with Crippen LogP contribution in [0.3, 0.4) is 0 Å². The summed E-state index contributed by atoms with van der Waals surface area (Å²) in [6, 6.07) is 1.51. The van der Waals surface area contributed by atoms with E-state index < -0.39 is 0 Å². The van der Waals surface area contributed by atoms with Gasteiger partial charge in [-0.05, 0) is 5.92 Å². The average Bonchev–Trinajstić information content (AvgIpc) is 2.14. The Kier molecular flexibility index (Phi) is 3.64. The van der Waals surface area contributed by atoms with Crippen LogP contribution in [0.1, 0.15) is 25.5 Å². The van der Waals surface area contributed by atoms with Crippen LogP contribution in [0.15, 0.2) is 10.9 Å². The quantitative estimate of drug-likeness (QED) is 0.645. The third-order valence-corrected chi connectivity index (χ3v) is 1.79. The Balaban J connectivity index is 2.90. The summed E-state index contributed by atoms with van der Waals surface area (Å²) in [5.74, 6) is 0.738. The summed E-state index contributed by atoms with van der Waals surface area (Å²) in [7, 11) is 0. The fourth-order valence-electron chi connectivity index (χ4n) is 1.05. The van der Waals surface area contributed by atoms with Gasteiger partial charge >= 0.3 is 0 Å². The first-order valence-electron chi connectivity index (χ1n) is 4.68. The molecular formula is C9H16N4O. The van der Waals surface area contributed by atoms with E-state index in [9.17, 15) is 4.79 Å². The Bertz CT molecular complexity index is 345. The fraction of sp³-hybridized carbons (Fsp3) is 0.556. The average molecular weight is 196 g/mol. The minimum absolute atomic E-state index is 0.136. The summed E-state index contributed by atoms with van der Waals surface area (Å²) < 4.78 is 0. The Morgan fingerprint density at radius 3 is 2.93 bits per heavy atom. The zero-order valence-electron chi connectivity index (χ0n) is 8.50. The van der Waals surface area contributed by atoms with E-state index in [0.29, 0.717) is 19.0 Å². The maximum absolute atomic E-state index is 11.2. The molecule has 0 saturated carbocycles. The molecule has 0 aliphatic heterocycles. The number of hydrogen-bond donors (Lipinski definition) is 3. The summed E-state index contributed by atoms with van der Waals surface area (Å²) in [6.07, 6.45) is 0. The number of anilines is 1. The molecule has 0 aromatic carbocycles. The van der Waals surface area contributed by atoms with E-state index in [1.165, 1.54) is 6.07 Å². The first-order chi connectivity index (χ1) is 6.63. The van der Waals surface area contributed by atoms with Gasteiger partial charge in [0.25, 0.3) is 5.56 Å². The maximum Gasteiger partial charge on any atom is 0.252 e. The van der Waals surface area contributed by atoms with Crippen LogP contribution in [0, 0.1) is 0 Å². The largest absolute Gasteiger partial charge is 0.354 e. The van der Waals surface area contributed by atoms with Crippen molar-refractivity contribution in [1.29, 1.82) is 0 Å². The van der Waals surface area contributed by atoms with Gasteiger partial charge in [0.05, 0.1) is 5.69 Å². The summed E-state index contributed by atoms with van der Waals surface area (Å²) in [4.78, 5) is 18.1. The van der Waals surface area contributed by atoms with Crippen molar-refractivity contribution < 1.29 is 0 Å². The number of nitrogens with two attached hydrogens (primary N) is 1. The van der Waals surface area contributed by atoms with Gasteiger partial charge < -0.3 is 11.1 Å². The zero-order valence-corrected chi connectivity index (χ0v) is 8.50. The molecule has 0 bridgehead atoms. The van der Waals surface area contributed by atoms with Crippen molar-refractivity contribution in [2.45, 2.75) is 19.8 Å². The van der Waals surface area contributed by atoms with Crippen molar-refractivity contribution in [1.82, 2.24) is 9.97 Å². The van der Waals surface area contributed by atoms with E-state index >= 15 is 0 Å². The van der Waals surface area contributed by atoms with E-state index in [-0.39, 0.29) is 11.5 Å². The Hall–Kier alpha value is -1.36. The van der Waals surface area contributed by atoms with Crippen molar-refractivity contribution in [3.8, 4) is 0 Å². The van der Waals surface area contributed by atoms with Crippen LogP contribution < -0.4 is 16.6 Å². The highest BCUT2D eigenvalue weighted by atomic mass is 16.1. The highest BCUT2D eigenvalue weighted by Crippen LogP contribution is 2.09. The molecule has 0 amide bonds. The van der Waals surface area contributed by atoms with Crippen LogP contribution in [0.2, 0.25) is 0 Å². The minimum atomic E-state index is -0.136. The topological polar surface area (TPSA) is 83.8 Å². The normalized spacial score (nSPS) is 10.6. The SMILES string of the molecule is CC(C)c1cc(=O)[nH]c(NCCN)n1. The zero-order chi connectivity index (χ0) is 10.6. The van der Waals surface area contributed by atoms with Gasteiger partial charge in [0.2, 0.25) is 5.95 Å². The fourth-order valence-corrected chi connectivity index (χ4v) is 1.05. The lowest BCUT2D eigenvalue weighted by Gasteiger charge is -2.07. The summed E-state index contributed by atoms with van der Waals surface area (Å²) in [5.41, 5.74) is 5.98. The van der Waals surface area contributed by atoms with Gasteiger partial charge in [-0.25, -0.2) is 4.98 Å². The molecule has 1 heterocycles. The van der Waals surface area contributed by atoms with Crippen molar-refractivity contribution in [3.63, 3.8) is 0 Å². The lowest BCUT2D eigenvalue weighted by molar-refractivity contribution is 0.808. The molecule has 5 nitrogen and oxygen atoms in total. The number of H-pyrrole nitrogens is 1. The molecule has 0 fully saturated rings. The van der Waals surface area contributed by atoms with Crippen molar-refractivity contribution >= 4 is 5.95 Å².